The van der Waals surface area contributed by atoms with Gasteiger partial charge in [-0.25, -0.2) is 9.98 Å². The molecule has 3 heterocycles. The maximum absolute atomic E-state index is 12.8. The van der Waals surface area contributed by atoms with Gasteiger partial charge in [-0.05, 0) is 18.9 Å². The Morgan fingerprint density at radius 2 is 2.06 bits per heavy atom. The summed E-state index contributed by atoms with van der Waals surface area (Å²) in [5.41, 5.74) is 2.13. The SMILES string of the molecule is CCNC(=NCc1nccn1CCc1ccccc1)N1CCN(c2cnn(C)c2)C(=O)C1. The smallest absolute Gasteiger partial charge is 0.246 e. The summed E-state index contributed by atoms with van der Waals surface area (Å²) >= 11 is 0. The Balaban J connectivity index is 1.40. The first-order valence-corrected chi connectivity index (χ1v) is 11.0. The fourth-order valence-electron chi connectivity index (χ4n) is 3.84. The summed E-state index contributed by atoms with van der Waals surface area (Å²) in [5.74, 6) is 1.69. The fourth-order valence-corrected chi connectivity index (χ4v) is 3.84. The molecule has 9 heteroatoms. The van der Waals surface area contributed by atoms with Crippen LogP contribution in [0.2, 0.25) is 0 Å². The highest BCUT2D eigenvalue weighted by Crippen LogP contribution is 2.16. The lowest BCUT2D eigenvalue weighted by Gasteiger charge is -2.35. The van der Waals surface area contributed by atoms with Gasteiger partial charge in [0.05, 0.1) is 11.9 Å². The lowest BCUT2D eigenvalue weighted by atomic mass is 10.1. The maximum atomic E-state index is 12.8. The van der Waals surface area contributed by atoms with Crippen LogP contribution in [0, 0.1) is 0 Å². The van der Waals surface area contributed by atoms with Crippen LogP contribution in [0.3, 0.4) is 0 Å². The van der Waals surface area contributed by atoms with E-state index in [1.54, 1.807) is 15.8 Å². The number of aryl methyl sites for hydroxylation is 3. The van der Waals surface area contributed by atoms with Crippen molar-refractivity contribution in [3.05, 3.63) is 66.5 Å². The van der Waals surface area contributed by atoms with E-state index < -0.39 is 0 Å². The van der Waals surface area contributed by atoms with Gasteiger partial charge >= 0.3 is 0 Å². The number of aromatic nitrogens is 4. The van der Waals surface area contributed by atoms with Gasteiger partial charge in [0.2, 0.25) is 5.91 Å². The highest BCUT2D eigenvalue weighted by molar-refractivity contribution is 5.98. The van der Waals surface area contributed by atoms with Crippen molar-refractivity contribution < 1.29 is 4.79 Å². The number of carbonyl (C=O) groups is 1. The summed E-state index contributed by atoms with van der Waals surface area (Å²) in [5, 5.41) is 7.50. The minimum absolute atomic E-state index is 0.0409. The average Bonchev–Trinajstić information content (AvgIpc) is 3.44. The van der Waals surface area contributed by atoms with Crippen molar-refractivity contribution in [1.82, 2.24) is 29.5 Å². The monoisotopic (exact) mass is 434 g/mol. The van der Waals surface area contributed by atoms with Crippen LogP contribution in [0.15, 0.2) is 60.1 Å². The summed E-state index contributed by atoms with van der Waals surface area (Å²) in [6, 6.07) is 10.4. The molecule has 1 aliphatic rings. The van der Waals surface area contributed by atoms with Gasteiger partial charge in [-0.2, -0.15) is 5.10 Å². The number of piperazine rings is 1. The molecule has 0 saturated carbocycles. The summed E-state index contributed by atoms with van der Waals surface area (Å²) in [6.45, 7) is 5.66. The molecule has 0 aliphatic carbocycles. The van der Waals surface area contributed by atoms with Crippen molar-refractivity contribution in [2.45, 2.75) is 26.4 Å². The van der Waals surface area contributed by atoms with E-state index in [2.05, 4.69) is 44.2 Å². The predicted molar refractivity (Wildman–Crippen MR) is 124 cm³/mol. The van der Waals surface area contributed by atoms with Crippen molar-refractivity contribution in [3.63, 3.8) is 0 Å². The number of amides is 1. The molecule has 32 heavy (non-hydrogen) atoms. The zero-order valence-electron chi connectivity index (χ0n) is 18.7. The Kier molecular flexibility index (Phi) is 6.84. The molecule has 1 amide bonds. The van der Waals surface area contributed by atoms with Crippen molar-refractivity contribution in [3.8, 4) is 0 Å². The molecule has 0 spiro atoms. The minimum Gasteiger partial charge on any atom is -0.356 e. The van der Waals surface area contributed by atoms with Crippen molar-refractivity contribution in [1.29, 1.82) is 0 Å². The third-order valence-electron chi connectivity index (χ3n) is 5.51. The second kappa shape index (κ2) is 10.1. The number of benzene rings is 1. The van der Waals surface area contributed by atoms with Crippen LogP contribution in [0.1, 0.15) is 18.3 Å². The number of hydrogen-bond donors (Lipinski definition) is 1. The molecule has 0 radical (unpaired) electrons. The van der Waals surface area contributed by atoms with E-state index >= 15 is 0 Å². The normalized spacial score (nSPS) is 14.8. The van der Waals surface area contributed by atoms with Crippen LogP contribution in [0.5, 0.6) is 0 Å². The lowest BCUT2D eigenvalue weighted by Crippen LogP contribution is -2.55. The highest BCUT2D eigenvalue weighted by Gasteiger charge is 2.27. The molecule has 9 nitrogen and oxygen atoms in total. The minimum atomic E-state index is 0.0409. The topological polar surface area (TPSA) is 83.6 Å². The summed E-state index contributed by atoms with van der Waals surface area (Å²) < 4.78 is 3.85. The molecule has 1 N–H and O–H groups in total. The molecule has 0 atom stereocenters. The number of anilines is 1. The van der Waals surface area contributed by atoms with Gasteiger partial charge in [-0.1, -0.05) is 30.3 Å². The van der Waals surface area contributed by atoms with Crippen LogP contribution < -0.4 is 10.2 Å². The summed E-state index contributed by atoms with van der Waals surface area (Å²) in [4.78, 5) is 25.9. The van der Waals surface area contributed by atoms with Gasteiger partial charge in [-0.15, -0.1) is 0 Å². The van der Waals surface area contributed by atoms with Crippen molar-refractivity contribution in [2.24, 2.45) is 12.0 Å². The third kappa shape index (κ3) is 5.16. The molecule has 168 valence electrons. The number of guanidine groups is 1. The zero-order valence-corrected chi connectivity index (χ0v) is 18.7. The van der Waals surface area contributed by atoms with Crippen LogP contribution in [0.4, 0.5) is 5.69 Å². The number of rotatable bonds is 7. The van der Waals surface area contributed by atoms with E-state index in [0.717, 1.165) is 37.0 Å². The average molecular weight is 435 g/mol. The van der Waals surface area contributed by atoms with Gasteiger partial charge in [0.25, 0.3) is 0 Å². The molecule has 1 aliphatic heterocycles. The molecule has 2 aromatic heterocycles. The second-order valence-corrected chi connectivity index (χ2v) is 7.78. The number of nitrogens with zero attached hydrogens (tertiary/aromatic N) is 7. The standard InChI is InChI=1S/C23H30N8O/c1-3-24-23(30-13-14-31(22(32)18-30)20-15-27-28(2)17-20)26-16-21-25-10-12-29(21)11-9-19-7-5-4-6-8-19/h4-8,10,12,15,17H,3,9,11,13-14,16,18H2,1-2H3,(H,24,26). The highest BCUT2D eigenvalue weighted by atomic mass is 16.2. The van der Waals surface area contributed by atoms with Gasteiger partial charge in [0.1, 0.15) is 18.9 Å². The van der Waals surface area contributed by atoms with E-state index in [9.17, 15) is 4.79 Å². The van der Waals surface area contributed by atoms with E-state index in [1.807, 2.05) is 43.5 Å². The molecular formula is C23H30N8O. The third-order valence-corrected chi connectivity index (χ3v) is 5.51. The summed E-state index contributed by atoms with van der Waals surface area (Å²) in [7, 11) is 1.85. The molecule has 0 bridgehead atoms. The van der Waals surface area contributed by atoms with Gasteiger partial charge < -0.3 is 19.7 Å². The van der Waals surface area contributed by atoms with E-state index in [4.69, 9.17) is 4.99 Å². The van der Waals surface area contributed by atoms with Gasteiger partial charge in [-0.3, -0.25) is 9.48 Å². The predicted octanol–water partition coefficient (Wildman–Crippen LogP) is 1.67. The zero-order chi connectivity index (χ0) is 22.3. The van der Waals surface area contributed by atoms with E-state index in [0.29, 0.717) is 19.6 Å². The fraction of sp³-hybridized carbons (Fsp3) is 0.391. The van der Waals surface area contributed by atoms with E-state index in [1.165, 1.54) is 5.56 Å². The number of hydrogen-bond acceptors (Lipinski definition) is 4. The molecular weight excluding hydrogens is 404 g/mol. The van der Waals surface area contributed by atoms with Crippen molar-refractivity contribution in [2.75, 3.05) is 31.1 Å². The van der Waals surface area contributed by atoms with Crippen LogP contribution >= 0.6 is 0 Å². The number of nitrogens with one attached hydrogen (secondary N) is 1. The lowest BCUT2D eigenvalue weighted by molar-refractivity contribution is -0.120. The number of carbonyl (C=O) groups excluding carboxylic acids is 1. The first kappa shape index (κ1) is 21.6. The van der Waals surface area contributed by atoms with E-state index in [-0.39, 0.29) is 12.5 Å². The second-order valence-electron chi connectivity index (χ2n) is 7.78. The Bertz CT molecular complexity index is 1050. The quantitative estimate of drug-likeness (QED) is 0.452. The first-order valence-electron chi connectivity index (χ1n) is 11.0. The number of aliphatic imine (C=N–C) groups is 1. The molecule has 1 fully saturated rings. The van der Waals surface area contributed by atoms with Crippen molar-refractivity contribution >= 4 is 17.6 Å². The maximum Gasteiger partial charge on any atom is 0.246 e. The molecule has 0 unspecified atom stereocenters. The molecule has 4 rings (SSSR count). The van der Waals surface area contributed by atoms with Crippen LogP contribution in [0.25, 0.3) is 0 Å². The summed E-state index contributed by atoms with van der Waals surface area (Å²) in [6.07, 6.45) is 8.35. The van der Waals surface area contributed by atoms with Gasteiger partial charge in [0, 0.05) is 51.8 Å². The molecule has 1 saturated heterocycles. The Labute approximate surface area is 188 Å². The van der Waals surface area contributed by atoms with Crippen LogP contribution in [-0.4, -0.2) is 62.3 Å². The van der Waals surface area contributed by atoms with Gasteiger partial charge in [0.15, 0.2) is 5.96 Å². The largest absolute Gasteiger partial charge is 0.356 e. The van der Waals surface area contributed by atoms with Crippen LogP contribution in [-0.2, 0) is 31.4 Å². The number of imidazole rings is 1. The Hall–Kier alpha value is -3.62. The molecule has 1 aromatic carbocycles. The Morgan fingerprint density at radius 1 is 1.22 bits per heavy atom. The Morgan fingerprint density at radius 3 is 2.78 bits per heavy atom. The first-order chi connectivity index (χ1) is 15.6. The molecule has 3 aromatic rings.